The van der Waals surface area contributed by atoms with Crippen LogP contribution in [-0.2, 0) is 14.9 Å². The molecule has 1 aliphatic rings. The number of carbonyl (C=O) groups excluding carboxylic acids is 1. The van der Waals surface area contributed by atoms with Gasteiger partial charge in [-0.15, -0.1) is 10.2 Å². The highest BCUT2D eigenvalue weighted by molar-refractivity contribution is 5.82. The number of hydrogen-bond acceptors (Lipinski definition) is 4. The van der Waals surface area contributed by atoms with Gasteiger partial charge in [-0.25, -0.2) is 0 Å². The van der Waals surface area contributed by atoms with Gasteiger partial charge in [-0.05, 0) is 33.6 Å². The van der Waals surface area contributed by atoms with Crippen molar-refractivity contribution in [1.29, 1.82) is 0 Å². The van der Waals surface area contributed by atoms with Crippen molar-refractivity contribution in [2.75, 3.05) is 6.61 Å². The van der Waals surface area contributed by atoms with E-state index in [1.807, 2.05) is 11.5 Å². The fraction of sp³-hybridized carbons (Fsp3) is 0.800. The molecule has 0 unspecified atom stereocenters. The van der Waals surface area contributed by atoms with Crippen LogP contribution in [0.1, 0.15) is 71.2 Å². The van der Waals surface area contributed by atoms with Gasteiger partial charge in [0.05, 0.1) is 6.61 Å². The molecule has 1 aliphatic carbocycles. The van der Waals surface area contributed by atoms with Gasteiger partial charge in [-0.1, -0.05) is 25.7 Å². The maximum Gasteiger partial charge on any atom is 0.319 e. The molecule has 0 saturated heterocycles. The number of ether oxygens (including phenoxy) is 1. The van der Waals surface area contributed by atoms with Crippen molar-refractivity contribution in [3.8, 4) is 0 Å². The van der Waals surface area contributed by atoms with Gasteiger partial charge >= 0.3 is 5.97 Å². The average molecular weight is 279 g/mol. The second kappa shape index (κ2) is 6.37. The molecule has 0 amide bonds. The van der Waals surface area contributed by atoms with Gasteiger partial charge in [-0.2, -0.15) is 0 Å². The Morgan fingerprint density at radius 1 is 1.35 bits per heavy atom. The fourth-order valence-electron chi connectivity index (χ4n) is 3.08. The van der Waals surface area contributed by atoms with E-state index in [4.69, 9.17) is 4.74 Å². The molecule has 5 nitrogen and oxygen atoms in total. The second-order valence-electron chi connectivity index (χ2n) is 5.87. The van der Waals surface area contributed by atoms with E-state index >= 15 is 0 Å². The van der Waals surface area contributed by atoms with Crippen LogP contribution in [0.5, 0.6) is 0 Å². The molecule has 1 saturated carbocycles. The molecule has 0 aromatic carbocycles. The lowest BCUT2D eigenvalue weighted by Gasteiger charge is -2.30. The lowest BCUT2D eigenvalue weighted by Crippen LogP contribution is -2.40. The van der Waals surface area contributed by atoms with E-state index in [0.717, 1.165) is 31.5 Å². The molecule has 1 heterocycles. The average Bonchev–Trinajstić information content (AvgIpc) is 2.78. The molecule has 0 bridgehead atoms. The number of esters is 1. The van der Waals surface area contributed by atoms with Crippen molar-refractivity contribution < 1.29 is 9.53 Å². The summed E-state index contributed by atoms with van der Waals surface area (Å²) in [4.78, 5) is 12.6. The number of hydrogen-bond donors (Lipinski definition) is 0. The van der Waals surface area contributed by atoms with E-state index in [9.17, 15) is 4.79 Å². The predicted octanol–water partition coefficient (Wildman–Crippen LogP) is 3.01. The Hall–Kier alpha value is -1.39. The molecule has 0 spiro atoms. The molecule has 0 atom stereocenters. The smallest absolute Gasteiger partial charge is 0.319 e. The third-order valence-corrected chi connectivity index (χ3v) is 4.18. The number of nitrogens with zero attached hydrogens (tertiary/aromatic N) is 3. The minimum atomic E-state index is -0.604. The Kier molecular flexibility index (Phi) is 4.78. The quantitative estimate of drug-likeness (QED) is 0.628. The summed E-state index contributed by atoms with van der Waals surface area (Å²) in [5.41, 5.74) is -0.604. The van der Waals surface area contributed by atoms with Gasteiger partial charge in [0.25, 0.3) is 0 Å². The van der Waals surface area contributed by atoms with Crippen molar-refractivity contribution in [2.24, 2.45) is 0 Å². The Labute approximate surface area is 120 Å². The molecule has 1 fully saturated rings. The van der Waals surface area contributed by atoms with Crippen LogP contribution in [-0.4, -0.2) is 27.3 Å². The molecule has 112 valence electrons. The van der Waals surface area contributed by atoms with Gasteiger partial charge in [0, 0.05) is 6.04 Å². The molecular formula is C15H25N3O2. The summed E-state index contributed by atoms with van der Waals surface area (Å²) in [5.74, 6) is 0.657. The zero-order valence-electron chi connectivity index (χ0n) is 12.8. The summed E-state index contributed by atoms with van der Waals surface area (Å²) in [6.07, 6.45) is 7.81. The van der Waals surface area contributed by atoms with E-state index in [1.165, 1.54) is 12.8 Å². The maximum absolute atomic E-state index is 12.6. The lowest BCUT2D eigenvalue weighted by atomic mass is 9.79. The van der Waals surface area contributed by atoms with Crippen LogP contribution >= 0.6 is 0 Å². The third-order valence-electron chi connectivity index (χ3n) is 4.18. The lowest BCUT2D eigenvalue weighted by molar-refractivity contribution is -0.151. The Morgan fingerprint density at radius 2 is 2.00 bits per heavy atom. The summed E-state index contributed by atoms with van der Waals surface area (Å²) in [6, 6.07) is 0.245. The molecule has 1 aromatic rings. The van der Waals surface area contributed by atoms with Crippen molar-refractivity contribution in [3.05, 3.63) is 12.2 Å². The van der Waals surface area contributed by atoms with Crippen LogP contribution in [0.2, 0.25) is 0 Å². The minimum absolute atomic E-state index is 0.128. The highest BCUT2D eigenvalue weighted by Crippen LogP contribution is 2.39. The number of carbonyl (C=O) groups is 1. The Bertz CT molecular complexity index is 446. The van der Waals surface area contributed by atoms with E-state index in [1.54, 1.807) is 6.33 Å². The zero-order valence-corrected chi connectivity index (χ0v) is 12.8. The third kappa shape index (κ3) is 2.72. The summed E-state index contributed by atoms with van der Waals surface area (Å²) in [7, 11) is 0. The molecule has 20 heavy (non-hydrogen) atoms. The van der Waals surface area contributed by atoms with Crippen LogP contribution in [0.4, 0.5) is 0 Å². The monoisotopic (exact) mass is 279 g/mol. The Balaban J connectivity index is 2.44. The fourth-order valence-corrected chi connectivity index (χ4v) is 3.08. The summed E-state index contributed by atoms with van der Waals surface area (Å²) in [5, 5.41) is 8.33. The molecular weight excluding hydrogens is 254 g/mol. The molecule has 0 N–H and O–H groups in total. The van der Waals surface area contributed by atoms with Gasteiger partial charge in [0.2, 0.25) is 0 Å². The van der Waals surface area contributed by atoms with Crippen molar-refractivity contribution >= 4 is 5.97 Å². The van der Waals surface area contributed by atoms with Crippen LogP contribution < -0.4 is 0 Å². The SMILES string of the molecule is CCOC(=O)C1(c2nncn2C(C)C)CCCCCC1. The number of rotatable bonds is 4. The minimum Gasteiger partial charge on any atom is -0.465 e. The first-order valence-electron chi connectivity index (χ1n) is 7.69. The maximum atomic E-state index is 12.6. The first-order valence-corrected chi connectivity index (χ1v) is 7.69. The van der Waals surface area contributed by atoms with E-state index < -0.39 is 5.41 Å². The predicted molar refractivity (Wildman–Crippen MR) is 76.4 cm³/mol. The van der Waals surface area contributed by atoms with Gasteiger partial charge < -0.3 is 9.30 Å². The van der Waals surface area contributed by atoms with Crippen LogP contribution in [0.15, 0.2) is 6.33 Å². The molecule has 0 radical (unpaired) electrons. The molecule has 1 aromatic heterocycles. The highest BCUT2D eigenvalue weighted by atomic mass is 16.5. The standard InChI is InChI=1S/C15H25N3O2/c1-4-20-14(19)15(9-7-5-6-8-10-15)13-17-16-11-18(13)12(2)3/h11-12H,4-10H2,1-3H3. The van der Waals surface area contributed by atoms with Gasteiger partial charge in [0.15, 0.2) is 5.82 Å². The zero-order chi connectivity index (χ0) is 14.6. The van der Waals surface area contributed by atoms with Crippen molar-refractivity contribution in [1.82, 2.24) is 14.8 Å². The molecule has 0 aliphatic heterocycles. The van der Waals surface area contributed by atoms with Crippen LogP contribution in [0.25, 0.3) is 0 Å². The largest absolute Gasteiger partial charge is 0.465 e. The van der Waals surface area contributed by atoms with Gasteiger partial charge in [0.1, 0.15) is 11.7 Å². The van der Waals surface area contributed by atoms with Gasteiger partial charge in [-0.3, -0.25) is 4.79 Å². The van der Waals surface area contributed by atoms with E-state index in [-0.39, 0.29) is 12.0 Å². The molecule has 5 heteroatoms. The van der Waals surface area contributed by atoms with Crippen molar-refractivity contribution in [3.63, 3.8) is 0 Å². The summed E-state index contributed by atoms with van der Waals surface area (Å²) >= 11 is 0. The normalized spacial score (nSPS) is 18.8. The molecule has 2 rings (SSSR count). The van der Waals surface area contributed by atoms with E-state index in [2.05, 4.69) is 24.0 Å². The van der Waals surface area contributed by atoms with Crippen molar-refractivity contribution in [2.45, 2.75) is 70.8 Å². The summed E-state index contributed by atoms with van der Waals surface area (Å²) < 4.78 is 7.39. The second-order valence-corrected chi connectivity index (χ2v) is 5.87. The van der Waals surface area contributed by atoms with Crippen LogP contribution in [0, 0.1) is 0 Å². The first-order chi connectivity index (χ1) is 9.62. The highest BCUT2D eigenvalue weighted by Gasteiger charge is 2.45. The Morgan fingerprint density at radius 3 is 2.55 bits per heavy atom. The topological polar surface area (TPSA) is 57.0 Å². The first kappa shape index (κ1) is 15.0. The summed E-state index contributed by atoms with van der Waals surface area (Å²) in [6.45, 7) is 6.44. The number of aromatic nitrogens is 3. The van der Waals surface area contributed by atoms with E-state index in [0.29, 0.717) is 6.61 Å². The van der Waals surface area contributed by atoms with Crippen LogP contribution in [0.3, 0.4) is 0 Å².